The lowest BCUT2D eigenvalue weighted by Gasteiger charge is -2.10. The average Bonchev–Trinajstić information content (AvgIpc) is 2.11. The van der Waals surface area contributed by atoms with Gasteiger partial charge in [-0.25, -0.2) is 0 Å². The highest BCUT2D eigenvalue weighted by Gasteiger charge is 2.09. The number of phenols is 1. The first-order chi connectivity index (χ1) is 7.40. The summed E-state index contributed by atoms with van der Waals surface area (Å²) >= 11 is 5.79. The van der Waals surface area contributed by atoms with Crippen molar-refractivity contribution >= 4 is 34.8 Å². The summed E-state index contributed by atoms with van der Waals surface area (Å²) in [5, 5.41) is 14.6. The number of amides is 2. The fourth-order valence-corrected chi connectivity index (χ4v) is 1.34. The molecule has 0 radical (unpaired) electrons. The molecule has 0 bridgehead atoms. The standard InChI is InChI=1S/C10H11ClN2O3/c1-5(14)12-8-4-9(13-6(2)15)10(16)3-7(8)11/h3-4,16H,1-2H3,(H,12,14)(H,13,15). The lowest BCUT2D eigenvalue weighted by Crippen LogP contribution is -2.09. The highest BCUT2D eigenvalue weighted by Crippen LogP contribution is 2.33. The summed E-state index contributed by atoms with van der Waals surface area (Å²) in [4.78, 5) is 21.7. The van der Waals surface area contributed by atoms with E-state index >= 15 is 0 Å². The van der Waals surface area contributed by atoms with Crippen LogP contribution in [0, 0.1) is 0 Å². The Balaban J connectivity index is 3.10. The van der Waals surface area contributed by atoms with E-state index < -0.39 is 0 Å². The smallest absolute Gasteiger partial charge is 0.221 e. The van der Waals surface area contributed by atoms with Gasteiger partial charge in [0.05, 0.1) is 16.4 Å². The number of halogens is 1. The second-order valence-electron chi connectivity index (χ2n) is 3.21. The molecule has 1 aromatic rings. The number of hydrogen-bond acceptors (Lipinski definition) is 3. The first-order valence-corrected chi connectivity index (χ1v) is 4.85. The van der Waals surface area contributed by atoms with Crippen LogP contribution < -0.4 is 10.6 Å². The molecule has 6 heteroatoms. The van der Waals surface area contributed by atoms with E-state index in [1.54, 1.807) is 0 Å². The molecule has 0 saturated carbocycles. The minimum atomic E-state index is -0.327. The van der Waals surface area contributed by atoms with Gasteiger partial charge >= 0.3 is 0 Å². The topological polar surface area (TPSA) is 78.4 Å². The molecule has 0 saturated heterocycles. The van der Waals surface area contributed by atoms with Crippen molar-refractivity contribution in [2.45, 2.75) is 13.8 Å². The van der Waals surface area contributed by atoms with Gasteiger partial charge in [-0.05, 0) is 6.07 Å². The van der Waals surface area contributed by atoms with Gasteiger partial charge in [-0.3, -0.25) is 9.59 Å². The Morgan fingerprint density at radius 1 is 1.12 bits per heavy atom. The van der Waals surface area contributed by atoms with E-state index in [0.717, 1.165) is 0 Å². The van der Waals surface area contributed by atoms with Crippen LogP contribution in [0.5, 0.6) is 5.75 Å². The molecule has 0 fully saturated rings. The van der Waals surface area contributed by atoms with Gasteiger partial charge in [0.2, 0.25) is 11.8 Å². The largest absolute Gasteiger partial charge is 0.506 e. The number of anilines is 2. The van der Waals surface area contributed by atoms with E-state index in [9.17, 15) is 14.7 Å². The van der Waals surface area contributed by atoms with Gasteiger partial charge in [0.1, 0.15) is 5.75 Å². The number of phenolic OH excluding ortho intramolecular Hbond substituents is 1. The van der Waals surface area contributed by atoms with E-state index in [2.05, 4.69) is 10.6 Å². The molecule has 5 nitrogen and oxygen atoms in total. The SMILES string of the molecule is CC(=O)Nc1cc(NC(C)=O)c(Cl)cc1O. The van der Waals surface area contributed by atoms with Crippen LogP contribution in [0.15, 0.2) is 12.1 Å². The summed E-state index contributed by atoms with van der Waals surface area (Å²) < 4.78 is 0. The zero-order valence-corrected chi connectivity index (χ0v) is 9.55. The second kappa shape index (κ2) is 4.85. The Hall–Kier alpha value is -1.75. The van der Waals surface area contributed by atoms with Crippen molar-refractivity contribution in [1.29, 1.82) is 0 Å². The maximum Gasteiger partial charge on any atom is 0.221 e. The molecule has 3 N–H and O–H groups in total. The molecular formula is C10H11ClN2O3. The molecule has 0 aliphatic heterocycles. The number of aromatic hydroxyl groups is 1. The highest BCUT2D eigenvalue weighted by atomic mass is 35.5. The third-order valence-electron chi connectivity index (χ3n) is 1.71. The van der Waals surface area contributed by atoms with Gasteiger partial charge in [-0.15, -0.1) is 0 Å². The molecule has 0 heterocycles. The normalized spacial score (nSPS) is 9.69. The van der Waals surface area contributed by atoms with Crippen LogP contribution in [-0.2, 0) is 9.59 Å². The van der Waals surface area contributed by atoms with Crippen LogP contribution >= 0.6 is 11.6 Å². The third-order valence-corrected chi connectivity index (χ3v) is 2.02. The summed E-state index contributed by atoms with van der Waals surface area (Å²) in [6.07, 6.45) is 0. The van der Waals surface area contributed by atoms with Crippen molar-refractivity contribution < 1.29 is 14.7 Å². The van der Waals surface area contributed by atoms with Gasteiger partial charge in [0.25, 0.3) is 0 Å². The van der Waals surface area contributed by atoms with Crippen LogP contribution in [-0.4, -0.2) is 16.9 Å². The first-order valence-electron chi connectivity index (χ1n) is 4.48. The zero-order chi connectivity index (χ0) is 12.3. The van der Waals surface area contributed by atoms with Crippen molar-refractivity contribution in [2.24, 2.45) is 0 Å². The molecule has 1 rings (SSSR count). The van der Waals surface area contributed by atoms with Gasteiger partial charge in [-0.2, -0.15) is 0 Å². The van der Waals surface area contributed by atoms with E-state index in [0.29, 0.717) is 5.69 Å². The molecule has 86 valence electrons. The summed E-state index contributed by atoms with van der Waals surface area (Å²) in [7, 11) is 0. The Morgan fingerprint density at radius 3 is 2.12 bits per heavy atom. The summed E-state index contributed by atoms with van der Waals surface area (Å²) in [6.45, 7) is 2.65. The van der Waals surface area contributed by atoms with Crippen LogP contribution in [0.1, 0.15) is 13.8 Å². The van der Waals surface area contributed by atoms with Crippen LogP contribution in [0.3, 0.4) is 0 Å². The van der Waals surface area contributed by atoms with Crippen molar-refractivity contribution in [3.05, 3.63) is 17.2 Å². The molecule has 0 unspecified atom stereocenters. The number of benzene rings is 1. The summed E-state index contributed by atoms with van der Waals surface area (Å²) in [5.41, 5.74) is 0.524. The van der Waals surface area contributed by atoms with Crippen molar-refractivity contribution in [3.63, 3.8) is 0 Å². The Morgan fingerprint density at radius 2 is 1.62 bits per heavy atom. The lowest BCUT2D eigenvalue weighted by atomic mass is 10.2. The molecule has 0 aliphatic carbocycles. The van der Waals surface area contributed by atoms with E-state index in [1.807, 2.05) is 0 Å². The number of nitrogens with one attached hydrogen (secondary N) is 2. The van der Waals surface area contributed by atoms with Crippen LogP contribution in [0.25, 0.3) is 0 Å². The van der Waals surface area contributed by atoms with Gasteiger partial charge < -0.3 is 15.7 Å². The molecule has 2 amide bonds. The molecule has 16 heavy (non-hydrogen) atoms. The number of carbonyl (C=O) groups is 2. The Bertz CT molecular complexity index is 409. The lowest BCUT2D eigenvalue weighted by molar-refractivity contribution is -0.115. The van der Waals surface area contributed by atoms with E-state index in [-0.39, 0.29) is 28.3 Å². The third kappa shape index (κ3) is 3.13. The predicted octanol–water partition coefficient (Wildman–Crippen LogP) is 1.96. The Labute approximate surface area is 97.4 Å². The molecule has 1 aromatic carbocycles. The van der Waals surface area contributed by atoms with Crippen molar-refractivity contribution in [3.8, 4) is 5.75 Å². The summed E-state index contributed by atoms with van der Waals surface area (Å²) in [5.74, 6) is -0.776. The minimum absolute atomic E-state index is 0.158. The predicted molar refractivity (Wildman–Crippen MR) is 61.7 cm³/mol. The fourth-order valence-electron chi connectivity index (χ4n) is 1.14. The molecule has 0 aromatic heterocycles. The van der Waals surface area contributed by atoms with E-state index in [1.165, 1.54) is 26.0 Å². The minimum Gasteiger partial charge on any atom is -0.506 e. The van der Waals surface area contributed by atoms with Crippen molar-refractivity contribution in [1.82, 2.24) is 0 Å². The molecular weight excluding hydrogens is 232 g/mol. The Kier molecular flexibility index (Phi) is 3.73. The number of hydrogen-bond donors (Lipinski definition) is 3. The fraction of sp³-hybridized carbons (Fsp3) is 0.200. The van der Waals surface area contributed by atoms with Gasteiger partial charge in [-0.1, -0.05) is 11.6 Å². The van der Waals surface area contributed by atoms with Gasteiger partial charge in [0, 0.05) is 19.9 Å². The van der Waals surface area contributed by atoms with E-state index in [4.69, 9.17) is 11.6 Å². The molecule has 0 aliphatic rings. The first kappa shape index (κ1) is 12.3. The zero-order valence-electron chi connectivity index (χ0n) is 8.80. The molecule has 0 atom stereocenters. The van der Waals surface area contributed by atoms with Crippen LogP contribution in [0.4, 0.5) is 11.4 Å². The maximum atomic E-state index is 10.9. The number of rotatable bonds is 2. The monoisotopic (exact) mass is 242 g/mol. The molecule has 0 spiro atoms. The summed E-state index contributed by atoms with van der Waals surface area (Å²) in [6, 6.07) is 2.64. The quantitative estimate of drug-likeness (QED) is 0.548. The van der Waals surface area contributed by atoms with Crippen LogP contribution in [0.2, 0.25) is 5.02 Å². The second-order valence-corrected chi connectivity index (χ2v) is 3.62. The average molecular weight is 243 g/mol. The van der Waals surface area contributed by atoms with Crippen molar-refractivity contribution in [2.75, 3.05) is 10.6 Å². The highest BCUT2D eigenvalue weighted by molar-refractivity contribution is 6.34. The van der Waals surface area contributed by atoms with Gasteiger partial charge in [0.15, 0.2) is 0 Å². The maximum absolute atomic E-state index is 10.9. The number of carbonyl (C=O) groups excluding carboxylic acids is 2.